The van der Waals surface area contributed by atoms with Crippen molar-refractivity contribution in [3.8, 4) is 0 Å². The molecule has 0 bridgehead atoms. The average Bonchev–Trinajstić information content (AvgIpc) is 2.72. The summed E-state index contributed by atoms with van der Waals surface area (Å²) in [5.74, 6) is -0.631. The van der Waals surface area contributed by atoms with Crippen molar-refractivity contribution in [3.63, 3.8) is 0 Å². The molecule has 1 amide bonds. The number of amides is 1. The fraction of sp³-hybridized carbons (Fsp3) is 0.938. The molecule has 1 rings (SSSR count). The highest BCUT2D eigenvalue weighted by molar-refractivity contribution is 7.92. The van der Waals surface area contributed by atoms with Gasteiger partial charge in [0, 0.05) is 19.1 Å². The number of carbonyl (C=O) groups is 1. The minimum Gasteiger partial charge on any atom is -0.354 e. The van der Waals surface area contributed by atoms with E-state index in [1.807, 2.05) is 6.92 Å². The topological polar surface area (TPSA) is 75.3 Å². The summed E-state index contributed by atoms with van der Waals surface area (Å²) in [6.45, 7) is 3.24. The zero-order chi connectivity index (χ0) is 16.3. The van der Waals surface area contributed by atoms with Crippen LogP contribution in [-0.2, 0) is 14.6 Å². The van der Waals surface area contributed by atoms with Crippen LogP contribution in [-0.4, -0.2) is 45.0 Å². The third-order valence-corrected chi connectivity index (χ3v) is 5.76. The van der Waals surface area contributed by atoms with E-state index in [1.165, 1.54) is 38.5 Å². The Morgan fingerprint density at radius 1 is 1.04 bits per heavy atom. The molecule has 1 aliphatic carbocycles. The molecule has 7 heteroatoms. The zero-order valence-electron chi connectivity index (χ0n) is 14.3. The minimum absolute atomic E-state index is 0. The van der Waals surface area contributed by atoms with Gasteiger partial charge in [-0.15, -0.1) is 12.4 Å². The molecule has 0 heterocycles. The first kappa shape index (κ1) is 22.7. The molecule has 138 valence electrons. The lowest BCUT2D eigenvalue weighted by Crippen LogP contribution is -2.39. The van der Waals surface area contributed by atoms with Crippen LogP contribution in [0.25, 0.3) is 0 Å². The largest absolute Gasteiger partial charge is 0.354 e. The van der Waals surface area contributed by atoms with Crippen molar-refractivity contribution in [2.24, 2.45) is 0 Å². The summed E-state index contributed by atoms with van der Waals surface area (Å²) < 4.78 is 23.5. The molecule has 0 aromatic rings. The predicted molar refractivity (Wildman–Crippen MR) is 97.9 cm³/mol. The molecule has 0 aromatic heterocycles. The van der Waals surface area contributed by atoms with Crippen LogP contribution >= 0.6 is 12.4 Å². The van der Waals surface area contributed by atoms with Crippen LogP contribution in [0.2, 0.25) is 0 Å². The van der Waals surface area contributed by atoms with Gasteiger partial charge in [0.25, 0.3) is 0 Å². The van der Waals surface area contributed by atoms with E-state index in [9.17, 15) is 13.2 Å². The smallest absolute Gasteiger partial charge is 0.235 e. The second-order valence-electron chi connectivity index (χ2n) is 6.29. The van der Waals surface area contributed by atoms with Gasteiger partial charge in [-0.3, -0.25) is 4.79 Å². The molecule has 1 fully saturated rings. The van der Waals surface area contributed by atoms with Crippen LogP contribution in [0.5, 0.6) is 0 Å². The van der Waals surface area contributed by atoms with E-state index in [2.05, 4.69) is 10.6 Å². The van der Waals surface area contributed by atoms with E-state index in [1.54, 1.807) is 0 Å². The number of hydrogen-bond acceptors (Lipinski definition) is 4. The Bertz CT molecular complexity index is 408. The van der Waals surface area contributed by atoms with Gasteiger partial charge < -0.3 is 10.6 Å². The maximum Gasteiger partial charge on any atom is 0.235 e. The Morgan fingerprint density at radius 3 is 2.30 bits per heavy atom. The van der Waals surface area contributed by atoms with Gasteiger partial charge >= 0.3 is 0 Å². The monoisotopic (exact) mass is 368 g/mol. The van der Waals surface area contributed by atoms with Gasteiger partial charge in [-0.2, -0.15) is 0 Å². The second-order valence-corrected chi connectivity index (χ2v) is 8.48. The maximum atomic E-state index is 11.8. The van der Waals surface area contributed by atoms with Crippen LogP contribution in [0.1, 0.15) is 64.7 Å². The molecule has 0 atom stereocenters. The van der Waals surface area contributed by atoms with Gasteiger partial charge in [-0.05, 0) is 19.3 Å². The highest BCUT2D eigenvalue weighted by atomic mass is 35.5. The summed E-state index contributed by atoms with van der Waals surface area (Å²) in [6, 6.07) is 0.553. The molecular weight excluding hydrogens is 336 g/mol. The molecule has 0 unspecified atom stereocenters. The first-order chi connectivity index (χ1) is 10.5. The summed E-state index contributed by atoms with van der Waals surface area (Å²) in [5.41, 5.74) is 0. The second kappa shape index (κ2) is 13.0. The average molecular weight is 369 g/mol. The Balaban J connectivity index is 0.00000484. The number of halogens is 1. The standard InChI is InChI=1S/C16H32N2O3S.ClH/c1-2-3-8-13-22(20,21)14-16(19)18-12-11-17-15-9-6-4-5-7-10-15;/h15,17H,2-14H2,1H3,(H,18,19);1H. The Morgan fingerprint density at radius 2 is 1.70 bits per heavy atom. The fourth-order valence-electron chi connectivity index (χ4n) is 2.86. The van der Waals surface area contributed by atoms with Crippen molar-refractivity contribution in [3.05, 3.63) is 0 Å². The van der Waals surface area contributed by atoms with Crippen LogP contribution < -0.4 is 10.6 Å². The van der Waals surface area contributed by atoms with E-state index in [4.69, 9.17) is 0 Å². The summed E-state index contributed by atoms with van der Waals surface area (Å²) in [5, 5.41) is 6.16. The van der Waals surface area contributed by atoms with Gasteiger partial charge in [0.15, 0.2) is 9.84 Å². The number of hydrogen-bond donors (Lipinski definition) is 2. The van der Waals surface area contributed by atoms with Gasteiger partial charge in [0.05, 0.1) is 5.75 Å². The van der Waals surface area contributed by atoms with Gasteiger partial charge in [0.1, 0.15) is 5.75 Å². The Kier molecular flexibility index (Phi) is 12.8. The molecule has 2 N–H and O–H groups in total. The van der Waals surface area contributed by atoms with Crippen molar-refractivity contribution in [2.75, 3.05) is 24.6 Å². The number of sulfone groups is 1. The Hall–Kier alpha value is -0.330. The number of unbranched alkanes of at least 4 members (excludes halogenated alkanes) is 2. The minimum atomic E-state index is -3.25. The third kappa shape index (κ3) is 11.8. The molecule has 1 aliphatic rings. The maximum absolute atomic E-state index is 11.8. The molecule has 0 saturated heterocycles. The van der Waals surface area contributed by atoms with E-state index in [0.717, 1.165) is 12.8 Å². The van der Waals surface area contributed by atoms with Gasteiger partial charge in [-0.25, -0.2) is 8.42 Å². The van der Waals surface area contributed by atoms with E-state index in [-0.39, 0.29) is 29.8 Å². The molecule has 0 aromatic carbocycles. The normalized spacial score (nSPS) is 16.4. The first-order valence-electron chi connectivity index (χ1n) is 8.74. The van der Waals surface area contributed by atoms with Crippen LogP contribution in [0.15, 0.2) is 0 Å². The molecule has 0 radical (unpaired) electrons. The van der Waals surface area contributed by atoms with Crippen molar-refractivity contribution in [1.82, 2.24) is 10.6 Å². The molecule has 0 spiro atoms. The van der Waals surface area contributed by atoms with Crippen molar-refractivity contribution in [2.45, 2.75) is 70.8 Å². The lowest BCUT2D eigenvalue weighted by Gasteiger charge is -2.16. The predicted octanol–water partition coefficient (Wildman–Crippen LogP) is 2.44. The molecular formula is C16H33ClN2O3S. The highest BCUT2D eigenvalue weighted by Crippen LogP contribution is 2.16. The van der Waals surface area contributed by atoms with E-state index >= 15 is 0 Å². The van der Waals surface area contributed by atoms with Crippen molar-refractivity contribution < 1.29 is 13.2 Å². The van der Waals surface area contributed by atoms with Crippen LogP contribution in [0.4, 0.5) is 0 Å². The van der Waals surface area contributed by atoms with Crippen LogP contribution in [0.3, 0.4) is 0 Å². The fourth-order valence-corrected chi connectivity index (χ4v) is 4.15. The first-order valence-corrected chi connectivity index (χ1v) is 10.6. The number of nitrogens with one attached hydrogen (secondary N) is 2. The highest BCUT2D eigenvalue weighted by Gasteiger charge is 2.16. The van der Waals surface area contributed by atoms with Crippen molar-refractivity contribution >= 4 is 28.2 Å². The summed E-state index contributed by atoms with van der Waals surface area (Å²) in [4.78, 5) is 11.7. The third-order valence-electron chi connectivity index (χ3n) is 4.15. The van der Waals surface area contributed by atoms with Crippen LogP contribution in [0, 0.1) is 0 Å². The summed E-state index contributed by atoms with van der Waals surface area (Å²) in [6.07, 6.45) is 10.1. The van der Waals surface area contributed by atoms with Gasteiger partial charge in [-0.1, -0.05) is 45.4 Å². The zero-order valence-corrected chi connectivity index (χ0v) is 15.9. The quantitative estimate of drug-likeness (QED) is 0.458. The van der Waals surface area contributed by atoms with E-state index in [0.29, 0.717) is 25.6 Å². The molecule has 0 aliphatic heterocycles. The number of rotatable bonds is 10. The number of carbonyl (C=O) groups excluding carboxylic acids is 1. The molecule has 5 nitrogen and oxygen atoms in total. The van der Waals surface area contributed by atoms with Gasteiger partial charge in [0.2, 0.25) is 5.91 Å². The van der Waals surface area contributed by atoms with E-state index < -0.39 is 9.84 Å². The van der Waals surface area contributed by atoms with Crippen molar-refractivity contribution in [1.29, 1.82) is 0 Å². The summed E-state index contributed by atoms with van der Waals surface area (Å²) >= 11 is 0. The lowest BCUT2D eigenvalue weighted by molar-refractivity contribution is -0.118. The Labute approximate surface area is 147 Å². The SMILES string of the molecule is CCCCCS(=O)(=O)CC(=O)NCCNC1CCCCCC1.Cl. The molecule has 23 heavy (non-hydrogen) atoms. The molecule has 1 saturated carbocycles. The lowest BCUT2D eigenvalue weighted by atomic mass is 10.1. The summed E-state index contributed by atoms with van der Waals surface area (Å²) in [7, 11) is -3.25.